The number of rotatable bonds is 8. The van der Waals surface area contributed by atoms with Crippen molar-refractivity contribution in [3.05, 3.63) is 139 Å². The molecule has 8 nitrogen and oxygen atoms in total. The van der Waals surface area contributed by atoms with Gasteiger partial charge in [-0.25, -0.2) is 14.6 Å². The van der Waals surface area contributed by atoms with Crippen molar-refractivity contribution in [2.75, 3.05) is 7.11 Å². The van der Waals surface area contributed by atoms with E-state index in [1.165, 1.54) is 5.56 Å². The number of aryl methyl sites for hydroxylation is 3. The van der Waals surface area contributed by atoms with Crippen LogP contribution in [0.1, 0.15) is 23.7 Å². The molecule has 0 N–H and O–H groups in total. The number of methoxy groups -OCH3 is 1. The summed E-state index contributed by atoms with van der Waals surface area (Å²) in [6.45, 7) is 6.26. The summed E-state index contributed by atoms with van der Waals surface area (Å²) in [5.41, 5.74) is 7.96. The summed E-state index contributed by atoms with van der Waals surface area (Å²) in [4.78, 5) is 9.02. The second kappa shape index (κ2) is 13.2. The zero-order valence-electron chi connectivity index (χ0n) is 27.4. The van der Waals surface area contributed by atoms with Gasteiger partial charge >= 0.3 is 21.1 Å². The van der Waals surface area contributed by atoms with Gasteiger partial charge in [0, 0.05) is 47.2 Å². The minimum absolute atomic E-state index is 0. The molecule has 9 heteroatoms. The molecule has 4 heterocycles. The number of hydrogen-bond donors (Lipinski definition) is 0. The molecule has 4 aromatic heterocycles. The second-order valence-corrected chi connectivity index (χ2v) is 11.7. The summed E-state index contributed by atoms with van der Waals surface area (Å²) in [6, 6.07) is 35.8. The fourth-order valence-corrected chi connectivity index (χ4v) is 6.26. The molecule has 4 aromatic carbocycles. The molecular weight excluding hydrogens is 792 g/mol. The summed E-state index contributed by atoms with van der Waals surface area (Å²) in [5, 5.41) is 7.19. The molecule has 0 saturated heterocycles. The molecule has 8 rings (SSSR count). The molecule has 0 bridgehead atoms. The van der Waals surface area contributed by atoms with Crippen molar-refractivity contribution in [2.45, 2.75) is 27.2 Å². The van der Waals surface area contributed by atoms with Crippen LogP contribution in [0.5, 0.6) is 17.2 Å². The molecule has 0 radical (unpaired) electrons. The number of benzene rings is 4. The van der Waals surface area contributed by atoms with E-state index in [9.17, 15) is 0 Å². The Hall–Kier alpha value is -5.46. The van der Waals surface area contributed by atoms with E-state index in [4.69, 9.17) is 14.6 Å². The van der Waals surface area contributed by atoms with E-state index < -0.39 is 0 Å². The first-order valence-corrected chi connectivity index (χ1v) is 15.9. The van der Waals surface area contributed by atoms with Gasteiger partial charge in [0.15, 0.2) is 0 Å². The third-order valence-electron chi connectivity index (χ3n) is 8.61. The number of nitrogens with zero attached hydrogens (tertiary/aromatic N) is 6. The van der Waals surface area contributed by atoms with Crippen LogP contribution in [0.4, 0.5) is 0 Å². The largest absolute Gasteiger partial charge is 2.00 e. The summed E-state index contributed by atoms with van der Waals surface area (Å²) >= 11 is 0. The normalized spacial score (nSPS) is 11.2. The number of imidazole rings is 1. The van der Waals surface area contributed by atoms with Crippen molar-refractivity contribution in [2.24, 2.45) is 0 Å². The first kappa shape index (κ1) is 32.1. The van der Waals surface area contributed by atoms with Gasteiger partial charge in [-0.3, -0.25) is 4.57 Å². The van der Waals surface area contributed by atoms with Gasteiger partial charge in [-0.1, -0.05) is 66.9 Å². The number of aromatic nitrogens is 6. The van der Waals surface area contributed by atoms with E-state index in [0.29, 0.717) is 11.5 Å². The summed E-state index contributed by atoms with van der Waals surface area (Å²) in [6.07, 6.45) is 8.07. The molecule has 0 saturated carbocycles. The van der Waals surface area contributed by atoms with Gasteiger partial charge in [0.25, 0.3) is 0 Å². The molecule has 0 aliphatic rings. The van der Waals surface area contributed by atoms with Crippen molar-refractivity contribution >= 4 is 21.8 Å². The Kier molecular flexibility index (Phi) is 8.66. The maximum absolute atomic E-state index is 6.56. The van der Waals surface area contributed by atoms with Gasteiger partial charge in [-0.05, 0) is 42.6 Å². The van der Waals surface area contributed by atoms with Gasteiger partial charge in [0.2, 0.25) is 0 Å². The topological polar surface area (TPSA) is 71.9 Å². The van der Waals surface area contributed by atoms with Crippen LogP contribution in [0.2, 0.25) is 0 Å². The van der Waals surface area contributed by atoms with Crippen LogP contribution < -0.4 is 9.47 Å². The van der Waals surface area contributed by atoms with E-state index >= 15 is 0 Å². The van der Waals surface area contributed by atoms with Crippen molar-refractivity contribution in [1.29, 1.82) is 0 Å². The van der Waals surface area contributed by atoms with E-state index in [-0.39, 0.29) is 21.1 Å². The Bertz CT molecular complexity index is 2430. The minimum Gasteiger partial charge on any atom is -0.509 e. The molecule has 244 valence electrons. The van der Waals surface area contributed by atoms with Gasteiger partial charge in [-0.2, -0.15) is 16.7 Å². The third kappa shape index (κ3) is 5.83. The first-order chi connectivity index (χ1) is 23.5. The van der Waals surface area contributed by atoms with Crippen molar-refractivity contribution in [3.63, 3.8) is 0 Å². The summed E-state index contributed by atoms with van der Waals surface area (Å²) in [5.74, 6) is 3.49. The zero-order valence-corrected chi connectivity index (χ0v) is 29.7. The van der Waals surface area contributed by atoms with E-state index in [2.05, 4.69) is 89.0 Å². The maximum Gasteiger partial charge on any atom is 2.00 e. The van der Waals surface area contributed by atoms with Crippen LogP contribution in [0.15, 0.2) is 110 Å². The summed E-state index contributed by atoms with van der Waals surface area (Å²) in [7, 11) is 1.66. The second-order valence-electron chi connectivity index (χ2n) is 11.7. The van der Waals surface area contributed by atoms with Crippen LogP contribution >= 0.6 is 0 Å². The predicted molar refractivity (Wildman–Crippen MR) is 188 cm³/mol. The Morgan fingerprint density at radius 2 is 1.67 bits per heavy atom. The van der Waals surface area contributed by atoms with Gasteiger partial charge in [-0.15, -0.1) is 35.7 Å². The van der Waals surface area contributed by atoms with Crippen LogP contribution in [0.3, 0.4) is 0 Å². The number of fused-ring (bicyclic) bond motifs is 3. The van der Waals surface area contributed by atoms with Crippen molar-refractivity contribution in [3.8, 4) is 45.7 Å². The number of ether oxygens (including phenoxy) is 2. The SMILES string of the molecule is CCc1cc(Oc2[c-]c3c(cc2)c2ccccc2n3-c2cc(OC)ccn2)[c-]c(-n2nc(C)c(-c3ccc(C)cc3)c2-n2ccnc2)c1.[Pt+2]. The third-order valence-corrected chi connectivity index (χ3v) is 8.61. The number of hydrogen-bond acceptors (Lipinski definition) is 5. The van der Waals surface area contributed by atoms with E-state index in [1.807, 2.05) is 58.8 Å². The van der Waals surface area contributed by atoms with Gasteiger partial charge in [0.1, 0.15) is 23.7 Å². The van der Waals surface area contributed by atoms with Crippen LogP contribution in [-0.2, 0) is 27.5 Å². The van der Waals surface area contributed by atoms with Gasteiger partial charge in [0.05, 0.1) is 12.8 Å². The minimum atomic E-state index is 0. The average molecular weight is 824 g/mol. The van der Waals surface area contributed by atoms with Crippen LogP contribution in [0, 0.1) is 26.0 Å². The molecule has 0 aliphatic carbocycles. The molecule has 49 heavy (non-hydrogen) atoms. The Balaban J connectivity index is 0.00000378. The fourth-order valence-electron chi connectivity index (χ4n) is 6.26. The molecule has 0 fully saturated rings. The first-order valence-electron chi connectivity index (χ1n) is 15.9. The van der Waals surface area contributed by atoms with Crippen molar-refractivity contribution < 1.29 is 30.5 Å². The standard InChI is InChI=1S/C40H32N6O2.Pt/c1-5-28-20-30(46-40(44-19-18-41-25-44)39(27(3)43-46)29-12-10-26(2)11-13-29)22-33(21-28)48-32-14-15-35-34-8-6-7-9-36(34)45(37(35)23-32)38-24-31(47-4)16-17-42-38;/h6-21,24-25H,5H2,1-4H3;/q-2;+2. The molecule has 0 aliphatic heterocycles. The molecule has 0 amide bonds. The molecule has 8 aromatic rings. The quantitative estimate of drug-likeness (QED) is 0.143. The van der Waals surface area contributed by atoms with Gasteiger partial charge < -0.3 is 14.0 Å². The number of para-hydroxylation sites is 1. The Morgan fingerprint density at radius 3 is 2.45 bits per heavy atom. The Labute approximate surface area is 298 Å². The molecule has 0 atom stereocenters. The maximum atomic E-state index is 6.56. The fraction of sp³-hybridized carbons (Fsp3) is 0.125. The molecular formula is C40H32N6O2Pt. The molecule has 0 spiro atoms. The monoisotopic (exact) mass is 823 g/mol. The smallest absolute Gasteiger partial charge is 0.509 e. The number of pyridine rings is 1. The van der Waals surface area contributed by atoms with Crippen LogP contribution in [-0.4, -0.2) is 36.0 Å². The van der Waals surface area contributed by atoms with E-state index in [1.54, 1.807) is 25.8 Å². The zero-order chi connectivity index (χ0) is 32.8. The average Bonchev–Trinajstić information content (AvgIpc) is 3.85. The molecule has 0 unspecified atom stereocenters. The van der Waals surface area contributed by atoms with Crippen molar-refractivity contribution in [1.82, 2.24) is 28.9 Å². The predicted octanol–water partition coefficient (Wildman–Crippen LogP) is 8.80. The van der Waals surface area contributed by atoms with E-state index in [0.717, 1.165) is 73.7 Å². The summed E-state index contributed by atoms with van der Waals surface area (Å²) < 4.78 is 18.1. The Morgan fingerprint density at radius 1 is 0.837 bits per heavy atom. The van der Waals surface area contributed by atoms with Crippen LogP contribution in [0.25, 0.3) is 50.3 Å².